The Bertz CT molecular complexity index is 488. The maximum atomic E-state index is 12.1. The van der Waals surface area contributed by atoms with E-state index in [-0.39, 0.29) is 17.3 Å². The van der Waals surface area contributed by atoms with Gasteiger partial charge in [0.05, 0.1) is 10.6 Å². The van der Waals surface area contributed by atoms with E-state index in [4.69, 9.17) is 9.72 Å². The molecule has 0 N–H and O–H groups in total. The van der Waals surface area contributed by atoms with E-state index in [2.05, 4.69) is 13.8 Å². The Morgan fingerprint density at radius 3 is 2.72 bits per heavy atom. The summed E-state index contributed by atoms with van der Waals surface area (Å²) in [6.07, 6.45) is 4.11. The number of Topliss-reactive ketones (excluding diaryl/α,β-unsaturated/α-hetero) is 1. The molecule has 0 aliphatic heterocycles. The van der Waals surface area contributed by atoms with Crippen molar-refractivity contribution < 1.29 is 9.53 Å². The lowest BCUT2D eigenvalue weighted by atomic mass is 9.78. The SMILES string of the molecule is COC(c1nc2c(s1)C(=O)CC(C)(C)C2)C1CC1. The number of hydrogen-bond acceptors (Lipinski definition) is 4. The molecule has 0 bridgehead atoms. The van der Waals surface area contributed by atoms with Gasteiger partial charge in [-0.3, -0.25) is 4.79 Å². The van der Waals surface area contributed by atoms with Gasteiger partial charge in [-0.1, -0.05) is 13.8 Å². The van der Waals surface area contributed by atoms with Crippen LogP contribution in [-0.2, 0) is 11.2 Å². The molecule has 0 spiro atoms. The number of thiazole rings is 1. The van der Waals surface area contributed by atoms with Crippen LogP contribution in [0.3, 0.4) is 0 Å². The molecule has 1 saturated carbocycles. The van der Waals surface area contributed by atoms with E-state index in [1.54, 1.807) is 18.4 Å². The third kappa shape index (κ3) is 2.12. The number of nitrogens with zero attached hydrogens (tertiary/aromatic N) is 1. The predicted octanol–water partition coefficient (Wildman–Crippen LogP) is 3.40. The molecule has 2 aliphatic carbocycles. The lowest BCUT2D eigenvalue weighted by Crippen LogP contribution is -2.26. The first-order valence-electron chi connectivity index (χ1n) is 6.56. The van der Waals surface area contributed by atoms with Crippen LogP contribution in [0.4, 0.5) is 0 Å². The molecular weight excluding hydrogens is 246 g/mol. The molecule has 18 heavy (non-hydrogen) atoms. The molecule has 0 amide bonds. The number of methoxy groups -OCH3 is 1. The number of fused-ring (bicyclic) bond motifs is 1. The molecule has 3 nitrogen and oxygen atoms in total. The summed E-state index contributed by atoms with van der Waals surface area (Å²) in [7, 11) is 1.75. The highest BCUT2D eigenvalue weighted by molar-refractivity contribution is 7.14. The Hall–Kier alpha value is -0.740. The molecular formula is C14H19NO2S. The summed E-state index contributed by atoms with van der Waals surface area (Å²) in [6, 6.07) is 0. The van der Waals surface area contributed by atoms with Gasteiger partial charge < -0.3 is 4.74 Å². The van der Waals surface area contributed by atoms with Crippen molar-refractivity contribution in [1.82, 2.24) is 4.98 Å². The standard InChI is InChI=1S/C14H19NO2S/c1-14(2)6-9-12(10(16)7-14)18-13(15-9)11(17-3)8-4-5-8/h8,11H,4-7H2,1-3H3. The van der Waals surface area contributed by atoms with Gasteiger partial charge in [-0.25, -0.2) is 4.98 Å². The van der Waals surface area contributed by atoms with Crippen molar-refractivity contribution in [3.8, 4) is 0 Å². The van der Waals surface area contributed by atoms with Gasteiger partial charge in [0.1, 0.15) is 11.1 Å². The molecule has 1 heterocycles. The van der Waals surface area contributed by atoms with E-state index in [1.807, 2.05) is 0 Å². The Balaban J connectivity index is 1.94. The molecule has 1 fully saturated rings. The fourth-order valence-electron chi connectivity index (χ4n) is 2.75. The summed E-state index contributed by atoms with van der Waals surface area (Å²) in [5.74, 6) is 0.876. The number of carbonyl (C=O) groups is 1. The number of hydrogen-bond donors (Lipinski definition) is 0. The van der Waals surface area contributed by atoms with Gasteiger partial charge in [0.15, 0.2) is 5.78 Å². The first-order valence-corrected chi connectivity index (χ1v) is 7.37. The van der Waals surface area contributed by atoms with E-state index < -0.39 is 0 Å². The summed E-state index contributed by atoms with van der Waals surface area (Å²) < 4.78 is 5.56. The van der Waals surface area contributed by atoms with Crippen LogP contribution in [0, 0.1) is 11.3 Å². The third-order valence-corrected chi connectivity index (χ3v) is 5.00. The second-order valence-corrected chi connectivity index (χ2v) is 7.29. The molecule has 0 saturated heterocycles. The van der Waals surface area contributed by atoms with E-state index >= 15 is 0 Å². The van der Waals surface area contributed by atoms with E-state index in [9.17, 15) is 4.79 Å². The average molecular weight is 265 g/mol. The summed E-state index contributed by atoms with van der Waals surface area (Å²) in [6.45, 7) is 4.28. The Morgan fingerprint density at radius 1 is 1.39 bits per heavy atom. The minimum atomic E-state index is 0.0532. The van der Waals surface area contributed by atoms with E-state index in [1.165, 1.54) is 12.8 Å². The van der Waals surface area contributed by atoms with Crippen molar-refractivity contribution in [3.05, 3.63) is 15.6 Å². The molecule has 1 aromatic heterocycles. The lowest BCUT2D eigenvalue weighted by Gasteiger charge is -2.26. The van der Waals surface area contributed by atoms with Crippen molar-refractivity contribution in [1.29, 1.82) is 0 Å². The zero-order valence-electron chi connectivity index (χ0n) is 11.2. The third-order valence-electron chi connectivity index (χ3n) is 3.80. The molecule has 98 valence electrons. The fourth-order valence-corrected chi connectivity index (χ4v) is 3.95. The van der Waals surface area contributed by atoms with Gasteiger partial charge >= 0.3 is 0 Å². The summed E-state index contributed by atoms with van der Waals surface area (Å²) in [4.78, 5) is 17.7. The largest absolute Gasteiger partial charge is 0.374 e. The van der Waals surface area contributed by atoms with Crippen LogP contribution in [0.1, 0.15) is 59.6 Å². The first kappa shape index (κ1) is 12.3. The van der Waals surface area contributed by atoms with E-state index in [0.717, 1.165) is 22.0 Å². The lowest BCUT2D eigenvalue weighted by molar-refractivity contribution is 0.0840. The molecule has 4 heteroatoms. The molecule has 1 unspecified atom stereocenters. The maximum Gasteiger partial charge on any atom is 0.175 e. The van der Waals surface area contributed by atoms with E-state index in [0.29, 0.717) is 12.3 Å². The van der Waals surface area contributed by atoms with Crippen LogP contribution in [-0.4, -0.2) is 17.9 Å². The smallest absolute Gasteiger partial charge is 0.175 e. The number of ether oxygens (including phenoxy) is 1. The van der Waals surface area contributed by atoms with Gasteiger partial charge in [-0.05, 0) is 30.6 Å². The van der Waals surface area contributed by atoms with Crippen molar-refractivity contribution in [3.63, 3.8) is 0 Å². The highest BCUT2D eigenvalue weighted by Crippen LogP contribution is 2.46. The van der Waals surface area contributed by atoms with Crippen molar-refractivity contribution >= 4 is 17.1 Å². The highest BCUT2D eigenvalue weighted by Gasteiger charge is 2.38. The number of carbonyl (C=O) groups excluding carboxylic acids is 1. The minimum absolute atomic E-state index is 0.0532. The summed E-state index contributed by atoms with van der Waals surface area (Å²) >= 11 is 1.56. The zero-order chi connectivity index (χ0) is 12.9. The van der Waals surface area contributed by atoms with Crippen LogP contribution in [0.25, 0.3) is 0 Å². The van der Waals surface area contributed by atoms with Crippen LogP contribution in [0.2, 0.25) is 0 Å². The topological polar surface area (TPSA) is 39.2 Å². The average Bonchev–Trinajstić information content (AvgIpc) is 2.99. The normalized spacial score (nSPS) is 23.8. The Labute approximate surface area is 112 Å². The second-order valence-electron chi connectivity index (χ2n) is 6.26. The molecule has 2 aliphatic rings. The maximum absolute atomic E-state index is 12.1. The zero-order valence-corrected chi connectivity index (χ0v) is 12.0. The molecule has 0 radical (unpaired) electrons. The molecule has 1 atom stereocenters. The number of rotatable bonds is 3. The van der Waals surface area contributed by atoms with Gasteiger partial charge in [0.25, 0.3) is 0 Å². The van der Waals surface area contributed by atoms with Gasteiger partial charge in [-0.15, -0.1) is 11.3 Å². The molecule has 0 aromatic carbocycles. The van der Waals surface area contributed by atoms with Crippen LogP contribution in [0.5, 0.6) is 0 Å². The van der Waals surface area contributed by atoms with Gasteiger partial charge in [0, 0.05) is 13.5 Å². The molecule has 3 rings (SSSR count). The molecule has 1 aromatic rings. The van der Waals surface area contributed by atoms with Gasteiger partial charge in [0.2, 0.25) is 0 Å². The fraction of sp³-hybridized carbons (Fsp3) is 0.714. The second kappa shape index (κ2) is 4.14. The number of aromatic nitrogens is 1. The van der Waals surface area contributed by atoms with Gasteiger partial charge in [-0.2, -0.15) is 0 Å². The predicted molar refractivity (Wildman–Crippen MR) is 71.0 cm³/mol. The first-order chi connectivity index (χ1) is 8.50. The summed E-state index contributed by atoms with van der Waals surface area (Å²) in [5, 5.41) is 1.01. The minimum Gasteiger partial charge on any atom is -0.374 e. The van der Waals surface area contributed by atoms with Crippen molar-refractivity contribution in [2.24, 2.45) is 11.3 Å². The quantitative estimate of drug-likeness (QED) is 0.841. The van der Waals surface area contributed by atoms with Crippen LogP contribution >= 0.6 is 11.3 Å². The van der Waals surface area contributed by atoms with Crippen molar-refractivity contribution in [2.75, 3.05) is 7.11 Å². The monoisotopic (exact) mass is 265 g/mol. The van der Waals surface area contributed by atoms with Crippen LogP contribution < -0.4 is 0 Å². The van der Waals surface area contributed by atoms with Crippen LogP contribution in [0.15, 0.2) is 0 Å². The van der Waals surface area contributed by atoms with Crippen molar-refractivity contribution in [2.45, 2.75) is 45.6 Å². The number of ketones is 1. The Kier molecular flexibility index (Phi) is 2.83. The highest BCUT2D eigenvalue weighted by atomic mass is 32.1. The summed E-state index contributed by atoms with van der Waals surface area (Å²) in [5.41, 5.74) is 1.05. The Morgan fingerprint density at radius 2 is 2.11 bits per heavy atom.